The molecule has 0 saturated carbocycles. The minimum atomic E-state index is -0.431. The Labute approximate surface area is 127 Å². The van der Waals surface area contributed by atoms with Crippen LogP contribution in [0.5, 0.6) is 0 Å². The first-order chi connectivity index (χ1) is 9.76. The third kappa shape index (κ3) is 4.16. The van der Waals surface area contributed by atoms with Crippen molar-refractivity contribution in [3.63, 3.8) is 0 Å². The number of ether oxygens (including phenoxy) is 1. The molecule has 5 nitrogen and oxygen atoms in total. The van der Waals surface area contributed by atoms with Crippen molar-refractivity contribution in [1.29, 1.82) is 0 Å². The number of nitrogens with one attached hydrogen (secondary N) is 1. The molecule has 0 radical (unpaired) electrons. The number of hydrogen-bond donors (Lipinski definition) is 1. The number of H-pyrrole nitrogens is 1. The van der Waals surface area contributed by atoms with Gasteiger partial charge in [-0.3, -0.25) is 0 Å². The van der Waals surface area contributed by atoms with Crippen LogP contribution in [0.4, 0.5) is 10.6 Å². The van der Waals surface area contributed by atoms with Gasteiger partial charge in [0.1, 0.15) is 11.4 Å². The highest BCUT2D eigenvalue weighted by molar-refractivity contribution is 5.68. The SMILES string of the molecule is CC(C)c1c[nH]c(N2CCN(C(=O)OC(C)(C)C)CC2)c1. The highest BCUT2D eigenvalue weighted by atomic mass is 16.6. The summed E-state index contributed by atoms with van der Waals surface area (Å²) in [4.78, 5) is 19.4. The van der Waals surface area contributed by atoms with Crippen LogP contribution in [0, 0.1) is 0 Å². The van der Waals surface area contributed by atoms with Crippen LogP contribution in [-0.4, -0.2) is 47.8 Å². The number of amides is 1. The maximum atomic E-state index is 12.0. The van der Waals surface area contributed by atoms with Gasteiger partial charge in [0.15, 0.2) is 0 Å². The fourth-order valence-electron chi connectivity index (χ4n) is 2.37. The molecule has 1 N–H and O–H groups in total. The highest BCUT2D eigenvalue weighted by Crippen LogP contribution is 2.22. The number of carbonyl (C=O) groups excluding carboxylic acids is 1. The van der Waals surface area contributed by atoms with Gasteiger partial charge in [-0.1, -0.05) is 13.8 Å². The second-order valence-corrected chi connectivity index (χ2v) is 6.93. The van der Waals surface area contributed by atoms with Crippen LogP contribution in [0.1, 0.15) is 46.1 Å². The molecular weight excluding hydrogens is 266 g/mol. The van der Waals surface area contributed by atoms with E-state index in [0.29, 0.717) is 19.0 Å². The lowest BCUT2D eigenvalue weighted by atomic mass is 10.1. The van der Waals surface area contributed by atoms with Crippen LogP contribution in [0.2, 0.25) is 0 Å². The van der Waals surface area contributed by atoms with Crippen molar-refractivity contribution in [2.24, 2.45) is 0 Å². The summed E-state index contributed by atoms with van der Waals surface area (Å²) in [5.74, 6) is 1.67. The van der Waals surface area contributed by atoms with E-state index in [9.17, 15) is 4.79 Å². The molecule has 1 aromatic rings. The standard InChI is InChI=1S/C16H27N3O2/c1-12(2)13-10-14(17-11-13)18-6-8-19(9-7-18)15(20)21-16(3,4)5/h10-12,17H,6-9H2,1-5H3. The molecule has 1 fully saturated rings. The molecule has 1 aliphatic rings. The summed E-state index contributed by atoms with van der Waals surface area (Å²) in [6, 6.07) is 2.20. The molecule has 0 spiro atoms. The number of hydrogen-bond acceptors (Lipinski definition) is 3. The highest BCUT2D eigenvalue weighted by Gasteiger charge is 2.26. The summed E-state index contributed by atoms with van der Waals surface area (Å²) in [6.45, 7) is 13.1. The second-order valence-electron chi connectivity index (χ2n) is 6.93. The van der Waals surface area contributed by atoms with Gasteiger partial charge in [-0.05, 0) is 38.3 Å². The Morgan fingerprint density at radius 3 is 2.33 bits per heavy atom. The molecule has 118 valence electrons. The van der Waals surface area contributed by atoms with Crippen molar-refractivity contribution in [2.45, 2.75) is 46.1 Å². The fourth-order valence-corrected chi connectivity index (χ4v) is 2.37. The average Bonchev–Trinajstić information content (AvgIpc) is 2.86. The Bertz CT molecular complexity index is 480. The van der Waals surface area contributed by atoms with E-state index >= 15 is 0 Å². The number of carbonyl (C=O) groups is 1. The first kappa shape index (κ1) is 15.7. The van der Waals surface area contributed by atoms with Crippen LogP contribution >= 0.6 is 0 Å². The molecule has 5 heteroatoms. The predicted octanol–water partition coefficient (Wildman–Crippen LogP) is 3.20. The molecule has 2 heterocycles. The van der Waals surface area contributed by atoms with E-state index in [4.69, 9.17) is 4.74 Å². The Morgan fingerprint density at radius 2 is 1.86 bits per heavy atom. The van der Waals surface area contributed by atoms with Gasteiger partial charge >= 0.3 is 6.09 Å². The van der Waals surface area contributed by atoms with Crippen LogP contribution in [0.15, 0.2) is 12.3 Å². The molecule has 0 aromatic carbocycles. The Kier molecular flexibility index (Phi) is 4.49. The molecular formula is C16H27N3O2. The molecule has 1 aliphatic heterocycles. The maximum Gasteiger partial charge on any atom is 0.410 e. The smallest absolute Gasteiger partial charge is 0.410 e. The van der Waals surface area contributed by atoms with E-state index in [1.165, 1.54) is 5.56 Å². The molecule has 0 bridgehead atoms. The van der Waals surface area contributed by atoms with Crippen LogP contribution in [-0.2, 0) is 4.74 Å². The van der Waals surface area contributed by atoms with E-state index < -0.39 is 5.60 Å². The van der Waals surface area contributed by atoms with Crippen molar-refractivity contribution in [3.8, 4) is 0 Å². The lowest BCUT2D eigenvalue weighted by Crippen LogP contribution is -2.50. The number of nitrogens with zero attached hydrogens (tertiary/aromatic N) is 2. The molecule has 0 unspecified atom stereocenters. The normalized spacial score (nSPS) is 16.5. The van der Waals surface area contributed by atoms with Crippen molar-refractivity contribution >= 4 is 11.9 Å². The monoisotopic (exact) mass is 293 g/mol. The number of aromatic amines is 1. The second kappa shape index (κ2) is 6.00. The van der Waals surface area contributed by atoms with Gasteiger partial charge in [0, 0.05) is 32.4 Å². The lowest BCUT2D eigenvalue weighted by molar-refractivity contribution is 0.0240. The van der Waals surface area contributed by atoms with Crippen LogP contribution in [0.3, 0.4) is 0 Å². The summed E-state index contributed by atoms with van der Waals surface area (Å²) in [7, 11) is 0. The van der Waals surface area contributed by atoms with E-state index in [1.807, 2.05) is 20.8 Å². The first-order valence-corrected chi connectivity index (χ1v) is 7.67. The summed E-state index contributed by atoms with van der Waals surface area (Å²) < 4.78 is 5.41. The third-order valence-electron chi connectivity index (χ3n) is 3.63. The van der Waals surface area contributed by atoms with Crippen molar-refractivity contribution in [2.75, 3.05) is 31.1 Å². The molecule has 1 saturated heterocycles. The number of piperazine rings is 1. The topological polar surface area (TPSA) is 48.6 Å². The van der Waals surface area contributed by atoms with E-state index in [-0.39, 0.29) is 6.09 Å². The number of aromatic nitrogens is 1. The van der Waals surface area contributed by atoms with Gasteiger partial charge in [0.25, 0.3) is 0 Å². The number of anilines is 1. The molecule has 0 atom stereocenters. The quantitative estimate of drug-likeness (QED) is 0.911. The van der Waals surface area contributed by atoms with Gasteiger partial charge in [-0.15, -0.1) is 0 Å². The van der Waals surface area contributed by atoms with Crippen molar-refractivity contribution in [1.82, 2.24) is 9.88 Å². The molecule has 21 heavy (non-hydrogen) atoms. The zero-order valence-electron chi connectivity index (χ0n) is 13.8. The minimum Gasteiger partial charge on any atom is -0.444 e. The fraction of sp³-hybridized carbons (Fsp3) is 0.688. The summed E-state index contributed by atoms with van der Waals surface area (Å²) in [6.07, 6.45) is 1.86. The Hall–Kier alpha value is -1.65. The van der Waals surface area contributed by atoms with Crippen molar-refractivity contribution < 1.29 is 9.53 Å². The molecule has 0 aliphatic carbocycles. The van der Waals surface area contributed by atoms with Gasteiger partial charge in [-0.25, -0.2) is 4.79 Å². The Morgan fingerprint density at radius 1 is 1.24 bits per heavy atom. The lowest BCUT2D eigenvalue weighted by Gasteiger charge is -2.36. The van der Waals surface area contributed by atoms with Crippen molar-refractivity contribution in [3.05, 3.63) is 17.8 Å². The van der Waals surface area contributed by atoms with Gasteiger partial charge in [0.05, 0.1) is 0 Å². The molecule has 2 rings (SSSR count). The number of rotatable bonds is 2. The van der Waals surface area contributed by atoms with Gasteiger partial charge < -0.3 is 19.5 Å². The van der Waals surface area contributed by atoms with Crippen LogP contribution in [0.25, 0.3) is 0 Å². The van der Waals surface area contributed by atoms with E-state index in [1.54, 1.807) is 4.90 Å². The van der Waals surface area contributed by atoms with Gasteiger partial charge in [0.2, 0.25) is 0 Å². The van der Waals surface area contributed by atoms with Crippen LogP contribution < -0.4 is 4.90 Å². The zero-order valence-corrected chi connectivity index (χ0v) is 13.8. The molecule has 1 aromatic heterocycles. The maximum absolute atomic E-state index is 12.0. The average molecular weight is 293 g/mol. The third-order valence-corrected chi connectivity index (χ3v) is 3.63. The Balaban J connectivity index is 1.89. The minimum absolute atomic E-state index is 0.212. The largest absolute Gasteiger partial charge is 0.444 e. The van der Waals surface area contributed by atoms with E-state index in [2.05, 4.69) is 36.0 Å². The summed E-state index contributed by atoms with van der Waals surface area (Å²) >= 11 is 0. The van der Waals surface area contributed by atoms with E-state index in [0.717, 1.165) is 18.9 Å². The first-order valence-electron chi connectivity index (χ1n) is 7.67. The summed E-state index contributed by atoms with van der Waals surface area (Å²) in [5, 5.41) is 0. The zero-order chi connectivity index (χ0) is 15.6. The summed E-state index contributed by atoms with van der Waals surface area (Å²) in [5.41, 5.74) is 0.888. The molecule has 1 amide bonds. The van der Waals surface area contributed by atoms with Gasteiger partial charge in [-0.2, -0.15) is 0 Å². The predicted molar refractivity (Wildman–Crippen MR) is 84.9 cm³/mol.